The lowest BCUT2D eigenvalue weighted by Crippen LogP contribution is -2.54. The van der Waals surface area contributed by atoms with Gasteiger partial charge in [-0.1, -0.05) is 34.1 Å². The maximum Gasteiger partial charge on any atom is 0.328 e. The number of para-hydroxylation sites is 1. The molecule has 4 N–H and O–H groups in total. The molecule has 0 saturated carbocycles. The van der Waals surface area contributed by atoms with Gasteiger partial charge in [-0.3, -0.25) is 14.4 Å². The van der Waals surface area contributed by atoms with Crippen LogP contribution in [0.1, 0.15) is 21.6 Å². The second kappa shape index (κ2) is 12.9. The van der Waals surface area contributed by atoms with Crippen LogP contribution in [0.3, 0.4) is 0 Å². The Kier molecular flexibility index (Phi) is 9.10. The molecule has 0 aliphatic rings. The summed E-state index contributed by atoms with van der Waals surface area (Å²) >= 11 is 3.28. The van der Waals surface area contributed by atoms with E-state index >= 15 is 0 Å². The van der Waals surface area contributed by atoms with E-state index in [2.05, 4.69) is 41.5 Å². The van der Waals surface area contributed by atoms with E-state index in [1.807, 2.05) is 24.3 Å². The molecule has 2 amide bonds. The van der Waals surface area contributed by atoms with Crippen LogP contribution in [0.15, 0.2) is 65.7 Å². The number of amides is 2. The molecule has 0 radical (unpaired) electrons. The number of nitrogens with zero attached hydrogens (tertiary/aromatic N) is 1. The first kappa shape index (κ1) is 27.6. The molecule has 0 aliphatic heterocycles. The van der Waals surface area contributed by atoms with Crippen LogP contribution in [0.25, 0.3) is 10.9 Å². The number of carbonyl (C=O) groups excluding carboxylic acids is 4. The van der Waals surface area contributed by atoms with E-state index in [-0.39, 0.29) is 24.2 Å². The summed E-state index contributed by atoms with van der Waals surface area (Å²) in [6, 6.07) is 10.3. The van der Waals surface area contributed by atoms with Gasteiger partial charge in [-0.25, -0.2) is 9.78 Å². The predicted molar refractivity (Wildman–Crippen MR) is 145 cm³/mol. The van der Waals surface area contributed by atoms with Crippen molar-refractivity contribution in [1.82, 2.24) is 25.6 Å². The van der Waals surface area contributed by atoms with Crippen LogP contribution in [-0.2, 0) is 32.0 Å². The number of halogens is 1. The Bertz CT molecular complexity index is 1470. The largest absolute Gasteiger partial charge is 0.483 e. The summed E-state index contributed by atoms with van der Waals surface area (Å²) in [5.74, 6) is -1.59. The molecule has 39 heavy (non-hydrogen) atoms. The maximum absolute atomic E-state index is 13.4. The molecule has 2 aromatic heterocycles. The number of benzene rings is 2. The molecule has 11 nitrogen and oxygen atoms in total. The van der Waals surface area contributed by atoms with E-state index in [4.69, 9.17) is 9.47 Å². The number of hydrogen-bond donors (Lipinski definition) is 4. The minimum atomic E-state index is -1.06. The van der Waals surface area contributed by atoms with E-state index in [1.165, 1.54) is 19.6 Å². The van der Waals surface area contributed by atoms with E-state index in [9.17, 15) is 19.2 Å². The van der Waals surface area contributed by atoms with Crippen molar-refractivity contribution >= 4 is 50.9 Å². The SMILES string of the molecule is COC(=O)[C@H](Cc1c[nH]c2ccccc12)NC(=O)[C@H](Cc1cnc[nH]1)NC(=O)COc1ccc(Br)cc1C=O. The lowest BCUT2D eigenvalue weighted by molar-refractivity contribution is -0.145. The van der Waals surface area contributed by atoms with E-state index in [0.717, 1.165) is 16.5 Å². The number of rotatable bonds is 12. The van der Waals surface area contributed by atoms with Crippen molar-refractivity contribution in [3.63, 3.8) is 0 Å². The van der Waals surface area contributed by atoms with Crippen molar-refractivity contribution < 1.29 is 28.7 Å². The maximum atomic E-state index is 13.4. The highest BCUT2D eigenvalue weighted by Gasteiger charge is 2.29. The highest BCUT2D eigenvalue weighted by atomic mass is 79.9. The molecule has 12 heteroatoms. The third kappa shape index (κ3) is 7.11. The number of aromatic amines is 2. The fourth-order valence-electron chi connectivity index (χ4n) is 4.08. The monoisotopic (exact) mass is 595 g/mol. The molecule has 0 saturated heterocycles. The second-order valence-corrected chi connectivity index (χ2v) is 9.55. The number of ether oxygens (including phenoxy) is 2. The van der Waals surface area contributed by atoms with Gasteiger partial charge in [0.05, 0.1) is 19.0 Å². The van der Waals surface area contributed by atoms with Gasteiger partial charge in [0.15, 0.2) is 12.9 Å². The van der Waals surface area contributed by atoms with Crippen molar-refractivity contribution in [2.75, 3.05) is 13.7 Å². The van der Waals surface area contributed by atoms with E-state index in [1.54, 1.807) is 24.4 Å². The van der Waals surface area contributed by atoms with Crippen LogP contribution in [0.5, 0.6) is 5.75 Å². The van der Waals surface area contributed by atoms with Gasteiger partial charge in [0, 0.05) is 46.3 Å². The summed E-state index contributed by atoms with van der Waals surface area (Å²) in [6.45, 7) is -0.439. The van der Waals surface area contributed by atoms with Gasteiger partial charge in [0.2, 0.25) is 5.91 Å². The number of fused-ring (bicyclic) bond motifs is 1. The Labute approximate surface area is 231 Å². The lowest BCUT2D eigenvalue weighted by Gasteiger charge is -2.22. The average Bonchev–Trinajstić information content (AvgIpc) is 3.61. The molecule has 0 fully saturated rings. The number of H-pyrrole nitrogens is 2. The molecule has 4 aromatic rings. The average molecular weight is 596 g/mol. The standard InChI is InChI=1S/C27H26BrN5O6/c1-38-27(37)23(9-16-11-30-21-5-3-2-4-20(16)21)33-26(36)22(10-19-12-29-15-31-19)32-25(35)14-39-24-7-6-18(28)8-17(24)13-34/h2-8,11-13,15,22-23,30H,9-10,14H2,1H3,(H,29,31)(H,32,35)(H,33,36)/t22-,23-/m0/s1. The topological polar surface area (TPSA) is 155 Å². The molecule has 2 heterocycles. The zero-order valence-corrected chi connectivity index (χ0v) is 22.5. The number of esters is 1. The summed E-state index contributed by atoms with van der Waals surface area (Å²) in [4.78, 5) is 60.1. The third-order valence-electron chi connectivity index (χ3n) is 5.99. The van der Waals surface area contributed by atoms with Gasteiger partial charge in [-0.15, -0.1) is 0 Å². The first-order valence-electron chi connectivity index (χ1n) is 11.9. The minimum absolute atomic E-state index is 0.0798. The van der Waals surface area contributed by atoms with Gasteiger partial charge < -0.3 is 30.1 Å². The number of nitrogens with one attached hydrogen (secondary N) is 4. The summed E-state index contributed by atoms with van der Waals surface area (Å²) < 4.78 is 11.1. The zero-order valence-electron chi connectivity index (χ0n) is 20.9. The minimum Gasteiger partial charge on any atom is -0.483 e. The van der Waals surface area contributed by atoms with E-state index < -0.39 is 36.5 Å². The fourth-order valence-corrected chi connectivity index (χ4v) is 4.45. The Balaban J connectivity index is 1.47. The Morgan fingerprint density at radius 1 is 1.08 bits per heavy atom. The number of carbonyl (C=O) groups is 4. The predicted octanol–water partition coefficient (Wildman–Crippen LogP) is 2.47. The van der Waals surface area contributed by atoms with Crippen molar-refractivity contribution in [2.24, 2.45) is 0 Å². The molecule has 2 atom stereocenters. The lowest BCUT2D eigenvalue weighted by atomic mass is 10.0. The molecule has 0 spiro atoms. The van der Waals surface area contributed by atoms with Gasteiger partial charge in [-0.2, -0.15) is 0 Å². The molecular weight excluding hydrogens is 570 g/mol. The molecule has 4 rings (SSSR count). The molecule has 0 aliphatic carbocycles. The summed E-state index contributed by atoms with van der Waals surface area (Å²) in [5, 5.41) is 6.28. The third-order valence-corrected chi connectivity index (χ3v) is 6.48. The van der Waals surface area contributed by atoms with E-state index in [0.29, 0.717) is 16.5 Å². The molecular formula is C27H26BrN5O6. The Morgan fingerprint density at radius 2 is 1.90 bits per heavy atom. The first-order chi connectivity index (χ1) is 18.9. The van der Waals surface area contributed by atoms with Crippen LogP contribution in [-0.4, -0.2) is 64.8 Å². The zero-order chi connectivity index (χ0) is 27.8. The quantitative estimate of drug-likeness (QED) is 0.145. The van der Waals surface area contributed by atoms with Gasteiger partial charge in [0.1, 0.15) is 17.8 Å². The highest BCUT2D eigenvalue weighted by Crippen LogP contribution is 2.22. The number of methoxy groups -OCH3 is 1. The van der Waals surface area contributed by atoms with Gasteiger partial charge in [0.25, 0.3) is 5.91 Å². The van der Waals surface area contributed by atoms with Crippen molar-refractivity contribution in [3.8, 4) is 5.75 Å². The Hall–Kier alpha value is -4.45. The van der Waals surface area contributed by atoms with Crippen LogP contribution in [0.4, 0.5) is 0 Å². The number of hydrogen-bond acceptors (Lipinski definition) is 7. The summed E-state index contributed by atoms with van der Waals surface area (Å²) in [5.41, 5.74) is 2.58. The second-order valence-electron chi connectivity index (χ2n) is 8.64. The van der Waals surface area contributed by atoms with Crippen molar-refractivity contribution in [1.29, 1.82) is 0 Å². The fraction of sp³-hybridized carbons (Fsp3) is 0.222. The highest BCUT2D eigenvalue weighted by molar-refractivity contribution is 9.10. The summed E-state index contributed by atoms with van der Waals surface area (Å²) in [6.07, 6.45) is 5.64. The van der Waals surface area contributed by atoms with Gasteiger partial charge >= 0.3 is 5.97 Å². The summed E-state index contributed by atoms with van der Waals surface area (Å²) in [7, 11) is 1.24. The first-order valence-corrected chi connectivity index (χ1v) is 12.7. The van der Waals surface area contributed by atoms with Crippen molar-refractivity contribution in [2.45, 2.75) is 24.9 Å². The van der Waals surface area contributed by atoms with Crippen molar-refractivity contribution in [3.05, 3.63) is 82.5 Å². The smallest absolute Gasteiger partial charge is 0.328 e. The number of aldehydes is 1. The van der Waals surface area contributed by atoms with Crippen LogP contribution < -0.4 is 15.4 Å². The number of aromatic nitrogens is 3. The molecule has 2 aromatic carbocycles. The van der Waals surface area contributed by atoms with Crippen LogP contribution in [0, 0.1) is 0 Å². The van der Waals surface area contributed by atoms with Crippen LogP contribution in [0.2, 0.25) is 0 Å². The van der Waals surface area contributed by atoms with Gasteiger partial charge in [-0.05, 0) is 29.8 Å². The molecule has 0 unspecified atom stereocenters. The van der Waals surface area contributed by atoms with Crippen LogP contribution >= 0.6 is 15.9 Å². The normalized spacial score (nSPS) is 12.4. The molecule has 0 bridgehead atoms. The Morgan fingerprint density at radius 3 is 2.64 bits per heavy atom. The molecule has 202 valence electrons. The number of imidazole rings is 1.